The van der Waals surface area contributed by atoms with Crippen molar-refractivity contribution in [2.75, 3.05) is 0 Å². The van der Waals surface area contributed by atoms with Crippen molar-refractivity contribution in [1.82, 2.24) is 0 Å². The monoisotopic (exact) mass is 738 g/mol. The minimum atomic E-state index is -0.559. The molecule has 0 heterocycles. The summed E-state index contributed by atoms with van der Waals surface area (Å²) in [5.74, 6) is 1.65. The van der Waals surface area contributed by atoms with Gasteiger partial charge in [-0.3, -0.25) is 0 Å². The summed E-state index contributed by atoms with van der Waals surface area (Å²) in [7, 11) is 0. The molecule has 0 saturated carbocycles. The molecule has 1 aliphatic rings. The molecule has 0 bridgehead atoms. The van der Waals surface area contributed by atoms with Crippen LogP contribution in [0.25, 0.3) is 23.3 Å². The van der Waals surface area contributed by atoms with Gasteiger partial charge in [0.1, 0.15) is 24.7 Å². The van der Waals surface area contributed by atoms with Gasteiger partial charge in [0.25, 0.3) is 0 Å². The van der Waals surface area contributed by atoms with Gasteiger partial charge in [0.2, 0.25) is 0 Å². The van der Waals surface area contributed by atoms with Crippen LogP contribution >= 0.6 is 31.9 Å². The zero-order chi connectivity index (χ0) is 32.4. The molecule has 0 aliphatic heterocycles. The first-order chi connectivity index (χ1) is 23.0. The molecule has 0 saturated heterocycles. The molecular formula is C43H32Br2O2. The van der Waals surface area contributed by atoms with Crippen LogP contribution in [0, 0.1) is 0 Å². The van der Waals surface area contributed by atoms with Gasteiger partial charge < -0.3 is 9.47 Å². The number of hydrogen-bond donors (Lipinski definition) is 0. The van der Waals surface area contributed by atoms with Crippen LogP contribution in [0.4, 0.5) is 0 Å². The van der Waals surface area contributed by atoms with Crippen molar-refractivity contribution >= 4 is 44.0 Å². The maximum Gasteiger partial charge on any atom is 0.119 e. The van der Waals surface area contributed by atoms with Crippen LogP contribution in [0.2, 0.25) is 0 Å². The lowest BCUT2D eigenvalue weighted by Crippen LogP contribution is -2.28. The summed E-state index contributed by atoms with van der Waals surface area (Å²) in [6.07, 6.45) is 3.69. The van der Waals surface area contributed by atoms with Gasteiger partial charge in [0.05, 0.1) is 5.41 Å². The molecule has 230 valence electrons. The highest BCUT2D eigenvalue weighted by molar-refractivity contribution is 9.10. The average Bonchev–Trinajstić information content (AvgIpc) is 3.39. The average molecular weight is 741 g/mol. The van der Waals surface area contributed by atoms with Gasteiger partial charge in [-0.05, 0) is 104 Å². The zero-order valence-corrected chi connectivity index (χ0v) is 28.9. The van der Waals surface area contributed by atoms with Crippen molar-refractivity contribution in [2.24, 2.45) is 0 Å². The predicted octanol–water partition coefficient (Wildman–Crippen LogP) is 12.0. The SMILES string of the molecule is C=Cc1ccc(COc2ccc(C3(c4ccc(OCc5ccc(C=C)cc5)cc4)c4cc(Br)ccc4-c4ccc(Br)cc43)cc2)cc1. The number of halogens is 2. The number of rotatable bonds is 10. The third-order valence-corrected chi connectivity index (χ3v) is 9.86. The van der Waals surface area contributed by atoms with E-state index >= 15 is 0 Å². The first kappa shape index (κ1) is 31.0. The molecule has 0 spiro atoms. The number of ether oxygens (including phenoxy) is 2. The summed E-state index contributed by atoms with van der Waals surface area (Å²) in [5.41, 5.74) is 11.1. The van der Waals surface area contributed by atoms with E-state index in [0.717, 1.165) is 53.8 Å². The summed E-state index contributed by atoms with van der Waals surface area (Å²) >= 11 is 7.57. The molecule has 6 aromatic rings. The molecule has 0 N–H and O–H groups in total. The second-order valence-corrected chi connectivity index (χ2v) is 13.5. The van der Waals surface area contributed by atoms with Gasteiger partial charge in [-0.2, -0.15) is 0 Å². The van der Waals surface area contributed by atoms with Crippen LogP contribution in [0.3, 0.4) is 0 Å². The lowest BCUT2D eigenvalue weighted by Gasteiger charge is -2.34. The van der Waals surface area contributed by atoms with E-state index in [1.807, 2.05) is 12.2 Å². The Bertz CT molecular complexity index is 1910. The van der Waals surface area contributed by atoms with E-state index in [-0.39, 0.29) is 0 Å². The van der Waals surface area contributed by atoms with E-state index in [4.69, 9.17) is 9.47 Å². The molecule has 0 atom stereocenters. The normalized spacial score (nSPS) is 12.6. The Kier molecular flexibility index (Phi) is 8.72. The lowest BCUT2D eigenvalue weighted by atomic mass is 9.67. The molecule has 0 fully saturated rings. The van der Waals surface area contributed by atoms with Crippen molar-refractivity contribution in [2.45, 2.75) is 18.6 Å². The number of hydrogen-bond acceptors (Lipinski definition) is 2. The Labute approximate surface area is 293 Å². The molecule has 1 aliphatic carbocycles. The highest BCUT2D eigenvalue weighted by Crippen LogP contribution is 2.57. The van der Waals surface area contributed by atoms with Gasteiger partial charge >= 0.3 is 0 Å². The standard InChI is InChI=1S/C43H32Br2O2/c1-3-29-5-9-31(10-6-29)27-46-37-19-13-33(14-20-37)43(41-25-35(44)17-23-39(41)40-24-18-36(45)26-42(40)43)34-15-21-38(22-16-34)47-28-32-11-7-30(4-2)8-12-32/h3-26H,1-2,27-28H2. The van der Waals surface area contributed by atoms with Crippen molar-refractivity contribution in [3.8, 4) is 22.6 Å². The maximum atomic E-state index is 6.23. The fourth-order valence-corrected chi connectivity index (χ4v) is 7.21. The van der Waals surface area contributed by atoms with Crippen LogP contribution in [0.1, 0.15) is 44.5 Å². The minimum Gasteiger partial charge on any atom is -0.489 e. The maximum absolute atomic E-state index is 6.23. The molecule has 0 amide bonds. The van der Waals surface area contributed by atoms with Crippen LogP contribution in [-0.4, -0.2) is 0 Å². The van der Waals surface area contributed by atoms with Crippen LogP contribution < -0.4 is 9.47 Å². The first-order valence-corrected chi connectivity index (χ1v) is 17.1. The van der Waals surface area contributed by atoms with E-state index < -0.39 is 5.41 Å². The third kappa shape index (κ3) is 6.00. The molecule has 2 nitrogen and oxygen atoms in total. The highest BCUT2D eigenvalue weighted by atomic mass is 79.9. The van der Waals surface area contributed by atoms with Gasteiger partial charge in [0, 0.05) is 8.95 Å². The fraction of sp³-hybridized carbons (Fsp3) is 0.0698. The molecule has 6 aromatic carbocycles. The summed E-state index contributed by atoms with van der Waals surface area (Å²) in [6.45, 7) is 8.67. The largest absolute Gasteiger partial charge is 0.489 e. The van der Waals surface area contributed by atoms with Crippen LogP contribution in [0.5, 0.6) is 11.5 Å². The number of fused-ring (bicyclic) bond motifs is 3. The van der Waals surface area contributed by atoms with Crippen molar-refractivity contribution in [3.63, 3.8) is 0 Å². The highest BCUT2D eigenvalue weighted by Gasteiger charge is 2.46. The first-order valence-electron chi connectivity index (χ1n) is 15.5. The molecule has 7 rings (SSSR count). The van der Waals surface area contributed by atoms with Gasteiger partial charge in [-0.15, -0.1) is 0 Å². The summed E-state index contributed by atoms with van der Waals surface area (Å²) in [5, 5.41) is 0. The Balaban J connectivity index is 1.27. The van der Waals surface area contributed by atoms with E-state index in [1.165, 1.54) is 22.3 Å². The van der Waals surface area contributed by atoms with Crippen molar-refractivity contribution < 1.29 is 9.47 Å². The van der Waals surface area contributed by atoms with E-state index in [9.17, 15) is 0 Å². The quantitative estimate of drug-likeness (QED) is 0.139. The Morgan fingerprint density at radius 2 is 0.872 bits per heavy atom. The Hall–Kier alpha value is -4.64. The number of benzene rings is 6. The molecule has 0 aromatic heterocycles. The molecular weight excluding hydrogens is 708 g/mol. The molecule has 47 heavy (non-hydrogen) atoms. The van der Waals surface area contributed by atoms with Gasteiger partial charge in [0.15, 0.2) is 0 Å². The summed E-state index contributed by atoms with van der Waals surface area (Å²) < 4.78 is 14.5. The minimum absolute atomic E-state index is 0.493. The smallest absolute Gasteiger partial charge is 0.119 e. The van der Waals surface area contributed by atoms with Crippen LogP contribution in [-0.2, 0) is 18.6 Å². The second-order valence-electron chi connectivity index (χ2n) is 11.6. The Morgan fingerprint density at radius 1 is 0.489 bits per heavy atom. The Morgan fingerprint density at radius 3 is 1.23 bits per heavy atom. The topological polar surface area (TPSA) is 18.5 Å². The summed E-state index contributed by atoms with van der Waals surface area (Å²) in [4.78, 5) is 0. The second kappa shape index (κ2) is 13.2. The van der Waals surface area contributed by atoms with Gasteiger partial charge in [-0.1, -0.05) is 142 Å². The zero-order valence-electron chi connectivity index (χ0n) is 25.8. The molecule has 0 unspecified atom stereocenters. The van der Waals surface area contributed by atoms with E-state index in [1.54, 1.807) is 0 Å². The fourth-order valence-electron chi connectivity index (χ4n) is 6.49. The lowest BCUT2D eigenvalue weighted by molar-refractivity contribution is 0.306. The predicted molar refractivity (Wildman–Crippen MR) is 201 cm³/mol. The van der Waals surface area contributed by atoms with Crippen molar-refractivity contribution in [3.05, 3.63) is 200 Å². The molecule has 0 radical (unpaired) electrons. The van der Waals surface area contributed by atoms with E-state index in [2.05, 4.69) is 178 Å². The van der Waals surface area contributed by atoms with Crippen LogP contribution in [0.15, 0.2) is 156 Å². The van der Waals surface area contributed by atoms with Crippen molar-refractivity contribution in [1.29, 1.82) is 0 Å². The summed E-state index contributed by atoms with van der Waals surface area (Å²) in [6, 6.07) is 46.9. The third-order valence-electron chi connectivity index (χ3n) is 8.88. The van der Waals surface area contributed by atoms with Gasteiger partial charge in [-0.25, -0.2) is 0 Å². The molecule has 4 heteroatoms. The van der Waals surface area contributed by atoms with E-state index in [0.29, 0.717) is 13.2 Å².